The van der Waals surface area contributed by atoms with Crippen LogP contribution >= 0.6 is 11.8 Å². The number of likely N-dealkylation sites (tertiary alicyclic amines) is 1. The third-order valence-corrected chi connectivity index (χ3v) is 15.8. The van der Waals surface area contributed by atoms with Crippen LogP contribution in [0.15, 0.2) is 30.5 Å². The fourth-order valence-corrected chi connectivity index (χ4v) is 9.91. The molecule has 27 nitrogen and oxygen atoms in total. The number of aliphatic hydroxyl groups is 2. The molecule has 470 valence electrons. The van der Waals surface area contributed by atoms with Gasteiger partial charge in [0.1, 0.15) is 54.4 Å². The number of nitrogens with one attached hydrogen (secondary N) is 9. The molecule has 0 saturated carbocycles. The minimum Gasteiger partial charge on any atom is -0.481 e. The lowest BCUT2D eigenvalue weighted by atomic mass is 9.95. The van der Waals surface area contributed by atoms with E-state index < -0.39 is 163 Å². The Morgan fingerprint density at radius 2 is 1.25 bits per heavy atom. The van der Waals surface area contributed by atoms with Crippen molar-refractivity contribution in [2.75, 3.05) is 31.7 Å². The summed E-state index contributed by atoms with van der Waals surface area (Å²) in [4.78, 5) is 154. The zero-order valence-electron chi connectivity index (χ0n) is 49.4. The molecule has 17 N–H and O–H groups in total. The summed E-state index contributed by atoms with van der Waals surface area (Å²) in [6.07, 6.45) is 2.97. The number of carbonyl (C=O) groups is 11. The van der Waals surface area contributed by atoms with Gasteiger partial charge in [-0.3, -0.25) is 47.9 Å². The number of nitrogens with two attached hydrogens (primary N) is 2. The van der Waals surface area contributed by atoms with Gasteiger partial charge in [0, 0.05) is 36.5 Å². The van der Waals surface area contributed by atoms with Crippen molar-refractivity contribution in [1.29, 1.82) is 0 Å². The zero-order valence-corrected chi connectivity index (χ0v) is 50.2. The minimum absolute atomic E-state index is 0.0000369. The number of aromatic nitrogens is 1. The Morgan fingerprint density at radius 1 is 0.679 bits per heavy atom. The molecule has 1 fully saturated rings. The number of carboxylic acid groups (broad SMARTS) is 2. The molecule has 1 saturated heterocycles. The second kappa shape index (κ2) is 35.4. The average molecular weight is 1200 g/mol. The lowest BCUT2D eigenvalue weighted by Gasteiger charge is -2.32. The number of carboxylic acids is 2. The number of rotatable bonds is 37. The fourth-order valence-electron chi connectivity index (χ4n) is 9.44. The van der Waals surface area contributed by atoms with Gasteiger partial charge in [-0.1, -0.05) is 72.6 Å². The van der Waals surface area contributed by atoms with E-state index in [0.717, 1.165) is 0 Å². The smallest absolute Gasteiger partial charge is 0.326 e. The number of hydrogen-bond donors (Lipinski definition) is 15. The maximum atomic E-state index is 14.6. The Bertz CT molecular complexity index is 2570. The fraction of sp³-hybridized carbons (Fsp3) is 0.661. The van der Waals surface area contributed by atoms with Gasteiger partial charge in [0.25, 0.3) is 0 Å². The molecular formula is C56H90N12O15S. The van der Waals surface area contributed by atoms with Crippen LogP contribution in [-0.4, -0.2) is 194 Å². The number of nitrogens with zero attached hydrogens (tertiary/aromatic N) is 1. The SMILES string of the molecule is CC[C@H](C)[C@H](N)C(=O)N[C@H](C(=O)N[C@@H](CO)C(=O)N[C@@H](Cc1c[nH]c2ccccc12)C(=O)N[C@@H](CCSC)C(=O)N[C@@H](CCC(=O)O)C(=O)N1CCC[C@H]1C(=O)N[C@H](C(=O)N[C@H](C(=O)N[C@@H](CCCCN)C(=O)O)C(C)C)[C@@H](C)CC)[C@@H](C)O. The third-order valence-electron chi connectivity index (χ3n) is 15.1. The van der Waals surface area contributed by atoms with Crippen molar-refractivity contribution >= 4 is 87.8 Å². The molecule has 2 aromatic rings. The number of fused-ring (bicyclic) bond motifs is 1. The quantitative estimate of drug-likeness (QED) is 0.0356. The molecular weight excluding hydrogens is 1110 g/mol. The number of unbranched alkanes of at least 4 members (excludes halogenated alkanes) is 1. The second-order valence-corrected chi connectivity index (χ2v) is 22.8. The van der Waals surface area contributed by atoms with E-state index in [2.05, 4.69) is 47.5 Å². The zero-order chi connectivity index (χ0) is 63.0. The van der Waals surface area contributed by atoms with Crippen LogP contribution < -0.4 is 54.0 Å². The van der Waals surface area contributed by atoms with Crippen LogP contribution in [0, 0.1) is 17.8 Å². The van der Waals surface area contributed by atoms with Crippen molar-refractivity contribution in [1.82, 2.24) is 52.4 Å². The Labute approximate surface area is 494 Å². The molecule has 0 spiro atoms. The molecule has 0 bridgehead atoms. The Kier molecular flexibility index (Phi) is 30.1. The van der Waals surface area contributed by atoms with Crippen molar-refractivity contribution in [2.45, 2.75) is 186 Å². The highest BCUT2D eigenvalue weighted by molar-refractivity contribution is 7.98. The Hall–Kier alpha value is -6.88. The summed E-state index contributed by atoms with van der Waals surface area (Å²) >= 11 is 1.31. The first-order valence-electron chi connectivity index (χ1n) is 28.7. The van der Waals surface area contributed by atoms with Crippen LogP contribution in [0.1, 0.15) is 118 Å². The highest BCUT2D eigenvalue weighted by atomic mass is 32.2. The van der Waals surface area contributed by atoms with Crippen LogP contribution in [0.3, 0.4) is 0 Å². The summed E-state index contributed by atoms with van der Waals surface area (Å²) in [6.45, 7) is 10.9. The highest BCUT2D eigenvalue weighted by Gasteiger charge is 2.42. The second-order valence-electron chi connectivity index (χ2n) is 21.8. The number of aliphatic hydroxyl groups excluding tert-OH is 2. The van der Waals surface area contributed by atoms with E-state index >= 15 is 0 Å². The number of carbonyl (C=O) groups excluding carboxylic acids is 9. The van der Waals surface area contributed by atoms with Gasteiger partial charge in [0.15, 0.2) is 0 Å². The number of para-hydroxylation sites is 1. The van der Waals surface area contributed by atoms with Gasteiger partial charge in [-0.2, -0.15) is 11.8 Å². The maximum absolute atomic E-state index is 14.6. The first-order valence-corrected chi connectivity index (χ1v) is 30.1. The first-order chi connectivity index (χ1) is 39.7. The monoisotopic (exact) mass is 1200 g/mol. The van der Waals surface area contributed by atoms with Crippen LogP contribution in [0.4, 0.5) is 0 Å². The molecule has 1 aromatic heterocycles. The van der Waals surface area contributed by atoms with Crippen LogP contribution in [0.2, 0.25) is 0 Å². The molecule has 13 atom stereocenters. The highest BCUT2D eigenvalue weighted by Crippen LogP contribution is 2.23. The van der Waals surface area contributed by atoms with Crippen molar-refractivity contribution < 1.29 is 73.2 Å². The lowest BCUT2D eigenvalue weighted by Crippen LogP contribution is -2.62. The van der Waals surface area contributed by atoms with Crippen molar-refractivity contribution in [3.8, 4) is 0 Å². The van der Waals surface area contributed by atoms with Crippen LogP contribution in [-0.2, 0) is 59.2 Å². The molecule has 1 aliphatic heterocycles. The molecule has 0 radical (unpaired) electrons. The average Bonchev–Trinajstić information content (AvgIpc) is 4.28. The Morgan fingerprint density at radius 3 is 1.85 bits per heavy atom. The number of aromatic amines is 1. The normalized spacial score (nSPS) is 17.5. The molecule has 28 heteroatoms. The van der Waals surface area contributed by atoms with Gasteiger partial charge in [-0.25, -0.2) is 4.79 Å². The molecule has 2 heterocycles. The van der Waals surface area contributed by atoms with Crippen LogP contribution in [0.5, 0.6) is 0 Å². The number of benzene rings is 1. The lowest BCUT2D eigenvalue weighted by molar-refractivity contribution is -0.144. The predicted molar refractivity (Wildman–Crippen MR) is 313 cm³/mol. The molecule has 1 aliphatic rings. The maximum Gasteiger partial charge on any atom is 0.326 e. The number of aliphatic carboxylic acids is 2. The molecule has 0 unspecified atom stereocenters. The van der Waals surface area contributed by atoms with Crippen molar-refractivity contribution in [3.63, 3.8) is 0 Å². The van der Waals surface area contributed by atoms with E-state index in [1.165, 1.54) is 23.6 Å². The van der Waals surface area contributed by atoms with E-state index in [9.17, 15) is 73.2 Å². The summed E-state index contributed by atoms with van der Waals surface area (Å²) in [5, 5.41) is 61.6. The summed E-state index contributed by atoms with van der Waals surface area (Å²) in [6, 6.07) is -6.69. The standard InChI is InChI=1S/C56H90N12O15S/c1-9-30(5)43(58)51(77)67-46(32(7)70)54(80)64-40(28-69)49(75)63-39(26-33-27-59-35-17-12-11-16-34(33)35)48(74)60-36(22-25-84-8)47(73)61-37(20-21-42(71)72)55(81)68-24-15-19-41(68)50(76)66-45(31(6)10-2)53(79)65-44(29(3)4)52(78)62-38(56(82)83)18-13-14-23-57/h11-12,16-17,27,29-32,36-41,43-46,59,69-70H,9-10,13-15,18-26,28,57-58H2,1-8H3,(H,60,74)(H,61,73)(H,62,78)(H,63,75)(H,64,80)(H,65,79)(H,66,76)(H,67,77)(H,71,72)(H,82,83)/t30-,31-,32+,36-,37-,38-,39-,40-,41-,43-,44-,45-,46-/m0/s1. The number of thioether (sulfide) groups is 1. The van der Waals surface area contributed by atoms with E-state index in [4.69, 9.17) is 11.5 Å². The number of H-pyrrole nitrogens is 1. The predicted octanol–water partition coefficient (Wildman–Crippen LogP) is -1.14. The summed E-state index contributed by atoms with van der Waals surface area (Å²) in [7, 11) is 0. The van der Waals surface area contributed by atoms with E-state index in [1.54, 1.807) is 71.3 Å². The third kappa shape index (κ3) is 21.3. The first kappa shape index (κ1) is 71.4. The van der Waals surface area contributed by atoms with E-state index in [0.29, 0.717) is 55.1 Å². The molecule has 1 aromatic carbocycles. The van der Waals surface area contributed by atoms with Gasteiger partial charge in [0.05, 0.1) is 18.8 Å². The van der Waals surface area contributed by atoms with Gasteiger partial charge in [-0.05, 0) is 99.8 Å². The van der Waals surface area contributed by atoms with Gasteiger partial charge < -0.3 is 84.3 Å². The molecule has 9 amide bonds. The van der Waals surface area contributed by atoms with Gasteiger partial charge >= 0.3 is 11.9 Å². The number of hydrogen-bond acceptors (Lipinski definition) is 16. The van der Waals surface area contributed by atoms with Crippen molar-refractivity contribution in [3.05, 3.63) is 36.0 Å². The van der Waals surface area contributed by atoms with E-state index in [1.807, 2.05) is 6.92 Å². The molecule has 3 rings (SSSR count). The van der Waals surface area contributed by atoms with Gasteiger partial charge in [0.2, 0.25) is 53.2 Å². The molecule has 84 heavy (non-hydrogen) atoms. The van der Waals surface area contributed by atoms with Crippen LogP contribution in [0.25, 0.3) is 10.9 Å². The minimum atomic E-state index is -1.74. The summed E-state index contributed by atoms with van der Waals surface area (Å²) < 4.78 is 0. The topological polar surface area (TPSA) is 436 Å². The van der Waals surface area contributed by atoms with Crippen molar-refractivity contribution in [2.24, 2.45) is 29.2 Å². The number of amides is 9. The summed E-state index contributed by atoms with van der Waals surface area (Å²) in [5.74, 6) is -11.4. The summed E-state index contributed by atoms with van der Waals surface area (Å²) in [5.41, 5.74) is 12.8. The molecule has 0 aliphatic carbocycles. The largest absolute Gasteiger partial charge is 0.481 e. The van der Waals surface area contributed by atoms with Gasteiger partial charge in [-0.15, -0.1) is 0 Å². The Balaban J connectivity index is 1.92. The van der Waals surface area contributed by atoms with E-state index in [-0.39, 0.29) is 43.9 Å².